The van der Waals surface area contributed by atoms with Crippen LogP contribution in [0.3, 0.4) is 0 Å². The number of halogens is 5. The Morgan fingerprint density at radius 2 is 2.10 bits per heavy atom. The molecule has 11 heteroatoms. The number of fused-ring (bicyclic) bond motifs is 3. The van der Waals surface area contributed by atoms with E-state index in [9.17, 15) is 27.5 Å². The number of urea groups is 1. The van der Waals surface area contributed by atoms with E-state index in [1.807, 2.05) is 0 Å². The van der Waals surface area contributed by atoms with E-state index in [4.69, 9.17) is 0 Å². The molecule has 0 bridgehead atoms. The van der Waals surface area contributed by atoms with Gasteiger partial charge in [0.25, 0.3) is 5.92 Å². The van der Waals surface area contributed by atoms with Gasteiger partial charge in [-0.05, 0) is 34.5 Å². The van der Waals surface area contributed by atoms with Gasteiger partial charge in [-0.25, -0.2) is 13.6 Å². The van der Waals surface area contributed by atoms with Crippen LogP contribution in [0.4, 0.5) is 28.0 Å². The minimum Gasteiger partial charge on any atom is -0.391 e. The highest BCUT2D eigenvalue weighted by Crippen LogP contribution is 2.40. The molecule has 6 nitrogen and oxygen atoms in total. The Morgan fingerprint density at radius 1 is 1.34 bits per heavy atom. The number of hydrogen-bond acceptors (Lipinski definition) is 3. The van der Waals surface area contributed by atoms with E-state index in [2.05, 4.69) is 26.3 Å². The fourth-order valence-corrected chi connectivity index (χ4v) is 4.06. The number of aliphatic hydroxyl groups excluding tert-OH is 1. The molecule has 2 aliphatic heterocycles. The zero-order valence-electron chi connectivity index (χ0n) is 15.1. The molecule has 0 saturated carbocycles. The highest BCUT2D eigenvalue weighted by atomic mass is 79.9. The Kier molecular flexibility index (Phi) is 5.06. The predicted molar refractivity (Wildman–Crippen MR) is 98.6 cm³/mol. The van der Waals surface area contributed by atoms with Gasteiger partial charge in [0.15, 0.2) is 5.82 Å². The monoisotopic (exact) mass is 476 g/mol. The molecule has 2 aromatic rings. The van der Waals surface area contributed by atoms with Crippen molar-refractivity contribution in [3.8, 4) is 0 Å². The van der Waals surface area contributed by atoms with Gasteiger partial charge in [-0.1, -0.05) is 0 Å². The van der Waals surface area contributed by atoms with Crippen molar-refractivity contribution in [2.75, 3.05) is 11.9 Å². The number of carbonyl (C=O) groups excluding carboxylic acids is 1. The van der Waals surface area contributed by atoms with Crippen molar-refractivity contribution in [2.24, 2.45) is 0 Å². The first-order chi connectivity index (χ1) is 13.7. The molecule has 0 fully saturated rings. The lowest BCUT2D eigenvalue weighted by Gasteiger charge is -2.28. The number of alkyl halides is 2. The second-order valence-electron chi connectivity index (χ2n) is 7.18. The summed E-state index contributed by atoms with van der Waals surface area (Å²) in [5, 5.41) is 16.4. The molecule has 156 valence electrons. The van der Waals surface area contributed by atoms with Crippen molar-refractivity contribution in [1.29, 1.82) is 0 Å². The van der Waals surface area contributed by atoms with Crippen molar-refractivity contribution >= 4 is 27.6 Å². The average molecular weight is 477 g/mol. The van der Waals surface area contributed by atoms with Gasteiger partial charge >= 0.3 is 6.03 Å². The fraction of sp³-hybridized carbons (Fsp3) is 0.444. The highest BCUT2D eigenvalue weighted by Gasteiger charge is 2.43. The van der Waals surface area contributed by atoms with Crippen LogP contribution in [0.5, 0.6) is 0 Å². The van der Waals surface area contributed by atoms with Crippen LogP contribution in [0.1, 0.15) is 29.8 Å². The largest absolute Gasteiger partial charge is 0.391 e. The molecule has 1 aromatic carbocycles. The van der Waals surface area contributed by atoms with E-state index >= 15 is 0 Å². The molecule has 0 saturated heterocycles. The van der Waals surface area contributed by atoms with E-state index in [0.717, 1.165) is 16.8 Å². The number of aliphatic hydroxyl groups is 1. The van der Waals surface area contributed by atoms with E-state index in [-0.39, 0.29) is 49.4 Å². The Hall–Kier alpha value is -2.14. The third-order valence-electron chi connectivity index (χ3n) is 5.19. The number of rotatable bonds is 1. The van der Waals surface area contributed by atoms with Crippen molar-refractivity contribution in [2.45, 2.75) is 44.4 Å². The normalized spacial score (nSPS) is 20.6. The Bertz CT molecular complexity index is 981. The first-order valence-electron chi connectivity index (χ1n) is 9.01. The van der Waals surface area contributed by atoms with Crippen molar-refractivity contribution in [3.63, 3.8) is 0 Å². The Balaban J connectivity index is 1.59. The van der Waals surface area contributed by atoms with Crippen LogP contribution in [0, 0.1) is 11.6 Å². The molecule has 0 spiro atoms. The highest BCUT2D eigenvalue weighted by molar-refractivity contribution is 9.10. The number of nitrogens with one attached hydrogen (secondary N) is 1. The summed E-state index contributed by atoms with van der Waals surface area (Å²) in [5.41, 5.74) is 0.216. The maximum atomic E-state index is 14.7. The van der Waals surface area contributed by atoms with E-state index in [1.54, 1.807) is 0 Å². The Labute approximate surface area is 171 Å². The predicted octanol–water partition coefficient (Wildman–Crippen LogP) is 3.76. The third kappa shape index (κ3) is 3.61. The number of amides is 2. The van der Waals surface area contributed by atoms with Gasteiger partial charge in [0.05, 0.1) is 35.0 Å². The summed E-state index contributed by atoms with van der Waals surface area (Å²) >= 11 is 2.77. The fourth-order valence-electron chi connectivity index (χ4n) is 3.72. The smallest absolute Gasteiger partial charge is 0.322 e. The molecule has 2 N–H and O–H groups in total. The molecule has 0 aliphatic carbocycles. The summed E-state index contributed by atoms with van der Waals surface area (Å²) in [4.78, 5) is 13.9. The van der Waals surface area contributed by atoms with Gasteiger partial charge in [-0.3, -0.25) is 4.68 Å². The number of carbonyl (C=O) groups is 1. The molecule has 4 rings (SSSR count). The van der Waals surface area contributed by atoms with Gasteiger partial charge < -0.3 is 15.3 Å². The van der Waals surface area contributed by atoms with Gasteiger partial charge in [-0.15, -0.1) is 0 Å². The maximum Gasteiger partial charge on any atom is 0.322 e. The third-order valence-corrected chi connectivity index (χ3v) is 5.91. The SMILES string of the molecule is O=C(Nc1ccc(F)c(Br)c1F)N1CCc2nn3c(c2C1)C(F)(F)CC[C@H](O)C3. The standard InChI is InChI=1S/C18H17BrF4N4O2/c19-14-11(20)1-2-13(15(14)21)24-17(29)26-6-4-12-10(8-26)16-18(22,23)5-3-9(28)7-27(16)25-12/h1-2,9,28H,3-8H2,(H,24,29)/t9-/m0/s1. The molecule has 2 aliphatic rings. The maximum absolute atomic E-state index is 14.7. The molecule has 0 unspecified atom stereocenters. The minimum atomic E-state index is -3.18. The lowest BCUT2D eigenvalue weighted by Crippen LogP contribution is -2.39. The lowest BCUT2D eigenvalue weighted by atomic mass is 10.00. The molecular weight excluding hydrogens is 460 g/mol. The number of hydrogen-bond donors (Lipinski definition) is 2. The lowest BCUT2D eigenvalue weighted by molar-refractivity contribution is -0.0248. The van der Waals surface area contributed by atoms with Crippen LogP contribution >= 0.6 is 15.9 Å². The minimum absolute atomic E-state index is 0.0288. The average Bonchev–Trinajstić information content (AvgIpc) is 2.99. The summed E-state index contributed by atoms with van der Waals surface area (Å²) in [7, 11) is 0. The number of nitrogens with zero attached hydrogens (tertiary/aromatic N) is 3. The molecule has 1 atom stereocenters. The van der Waals surface area contributed by atoms with Crippen molar-refractivity contribution < 1.29 is 27.5 Å². The topological polar surface area (TPSA) is 70.4 Å². The summed E-state index contributed by atoms with van der Waals surface area (Å²) in [6.07, 6.45) is -1.21. The number of aromatic nitrogens is 2. The first kappa shape index (κ1) is 20.1. The van der Waals surface area contributed by atoms with Crippen molar-refractivity contribution in [3.05, 3.63) is 45.2 Å². The van der Waals surface area contributed by atoms with Crippen LogP contribution in [0.15, 0.2) is 16.6 Å². The van der Waals surface area contributed by atoms with Crippen LogP contribution in [-0.4, -0.2) is 38.5 Å². The summed E-state index contributed by atoms with van der Waals surface area (Å²) in [6, 6.07) is 1.40. The second kappa shape index (κ2) is 7.28. The zero-order chi connectivity index (χ0) is 20.9. The van der Waals surface area contributed by atoms with Crippen LogP contribution < -0.4 is 5.32 Å². The number of anilines is 1. The zero-order valence-corrected chi connectivity index (χ0v) is 16.6. The Morgan fingerprint density at radius 3 is 2.86 bits per heavy atom. The van der Waals surface area contributed by atoms with E-state index < -0.39 is 40.6 Å². The first-order valence-corrected chi connectivity index (χ1v) is 9.81. The van der Waals surface area contributed by atoms with Gasteiger partial charge in [0.1, 0.15) is 11.5 Å². The second-order valence-corrected chi connectivity index (χ2v) is 7.97. The van der Waals surface area contributed by atoms with Gasteiger partial charge in [0.2, 0.25) is 0 Å². The van der Waals surface area contributed by atoms with E-state index in [0.29, 0.717) is 5.69 Å². The quantitative estimate of drug-likeness (QED) is 0.486. The molecule has 1 aromatic heterocycles. The molecule has 0 radical (unpaired) electrons. The summed E-state index contributed by atoms with van der Waals surface area (Å²) in [5.74, 6) is -4.95. The van der Waals surface area contributed by atoms with Crippen molar-refractivity contribution in [1.82, 2.24) is 14.7 Å². The van der Waals surface area contributed by atoms with E-state index in [1.165, 1.54) is 4.90 Å². The van der Waals surface area contributed by atoms with Crippen LogP contribution in [0.25, 0.3) is 0 Å². The molecule has 2 amide bonds. The molecule has 3 heterocycles. The summed E-state index contributed by atoms with van der Waals surface area (Å²) in [6.45, 7) is 0.0541. The van der Waals surface area contributed by atoms with Crippen LogP contribution in [0.2, 0.25) is 0 Å². The van der Waals surface area contributed by atoms with Gasteiger partial charge in [0, 0.05) is 24.9 Å². The number of benzene rings is 1. The molecular formula is C18H17BrF4N4O2. The molecule has 29 heavy (non-hydrogen) atoms. The van der Waals surface area contributed by atoms with Crippen LogP contribution in [-0.2, 0) is 25.4 Å². The summed E-state index contributed by atoms with van der Waals surface area (Å²) < 4.78 is 57.6. The van der Waals surface area contributed by atoms with Gasteiger partial charge in [-0.2, -0.15) is 13.9 Å².